The van der Waals surface area contributed by atoms with Gasteiger partial charge in [0.25, 0.3) is 0 Å². The second kappa shape index (κ2) is 5.78. The highest BCUT2D eigenvalue weighted by atomic mass is 35.5. The Balaban J connectivity index is 2.01. The Morgan fingerprint density at radius 3 is 2.44 bits per heavy atom. The number of thiophene rings is 1. The van der Waals surface area contributed by atoms with E-state index in [1.54, 1.807) is 0 Å². The minimum absolute atomic E-state index is 0.129. The van der Waals surface area contributed by atoms with Crippen molar-refractivity contribution in [2.24, 2.45) is 0 Å². The zero-order valence-electron chi connectivity index (χ0n) is 9.71. The summed E-state index contributed by atoms with van der Waals surface area (Å²) in [6.07, 6.45) is 0. The van der Waals surface area contributed by atoms with E-state index >= 15 is 0 Å². The Kier molecular flexibility index (Phi) is 4.32. The maximum Gasteiger partial charge on any atom is 0.126 e. The predicted molar refractivity (Wildman–Crippen MR) is 70.9 cm³/mol. The molecule has 1 atom stereocenters. The van der Waals surface area contributed by atoms with Gasteiger partial charge in [-0.1, -0.05) is 11.6 Å². The Labute approximate surface area is 113 Å². The molecular formula is C13H12ClF2NS. The maximum atomic E-state index is 13.1. The molecule has 0 aliphatic rings. The Morgan fingerprint density at radius 2 is 1.89 bits per heavy atom. The third-order valence-corrected chi connectivity index (χ3v) is 3.83. The van der Waals surface area contributed by atoms with Gasteiger partial charge in [0.1, 0.15) is 11.6 Å². The van der Waals surface area contributed by atoms with Crippen molar-refractivity contribution in [3.05, 3.63) is 56.7 Å². The van der Waals surface area contributed by atoms with Crippen LogP contribution in [0.3, 0.4) is 0 Å². The summed E-state index contributed by atoms with van der Waals surface area (Å²) in [5, 5.41) is 3.20. The molecule has 0 saturated heterocycles. The van der Waals surface area contributed by atoms with Crippen LogP contribution in [0, 0.1) is 11.6 Å². The third kappa shape index (κ3) is 3.51. The van der Waals surface area contributed by atoms with Crippen molar-refractivity contribution in [1.82, 2.24) is 5.32 Å². The molecule has 2 aromatic rings. The molecule has 96 valence electrons. The molecule has 0 saturated carbocycles. The first-order chi connectivity index (χ1) is 8.54. The van der Waals surface area contributed by atoms with Gasteiger partial charge >= 0.3 is 0 Å². The molecule has 1 N–H and O–H groups in total. The highest BCUT2D eigenvalue weighted by Crippen LogP contribution is 2.22. The standard InChI is InChI=1S/C13H12ClF2NS/c1-8(9-4-10(15)6-11(16)5-9)17-7-12-2-3-13(14)18-12/h2-6,8,17H,7H2,1H3. The van der Waals surface area contributed by atoms with E-state index in [2.05, 4.69) is 5.32 Å². The zero-order valence-corrected chi connectivity index (χ0v) is 11.3. The Bertz CT molecular complexity index is 521. The minimum atomic E-state index is -0.558. The van der Waals surface area contributed by atoms with Crippen molar-refractivity contribution in [3.63, 3.8) is 0 Å². The van der Waals surface area contributed by atoms with E-state index in [1.807, 2.05) is 19.1 Å². The van der Waals surface area contributed by atoms with Crippen molar-refractivity contribution < 1.29 is 8.78 Å². The molecule has 0 bridgehead atoms. The fourth-order valence-corrected chi connectivity index (χ4v) is 2.68. The van der Waals surface area contributed by atoms with Crippen LogP contribution in [0.5, 0.6) is 0 Å². The molecule has 5 heteroatoms. The van der Waals surface area contributed by atoms with Crippen molar-refractivity contribution in [2.75, 3.05) is 0 Å². The average Bonchev–Trinajstić information content (AvgIpc) is 2.70. The fourth-order valence-electron chi connectivity index (χ4n) is 1.64. The first kappa shape index (κ1) is 13.5. The summed E-state index contributed by atoms with van der Waals surface area (Å²) in [6.45, 7) is 2.49. The quantitative estimate of drug-likeness (QED) is 0.871. The molecule has 0 spiro atoms. The van der Waals surface area contributed by atoms with E-state index in [0.717, 1.165) is 15.3 Å². The highest BCUT2D eigenvalue weighted by Gasteiger charge is 2.09. The van der Waals surface area contributed by atoms with Crippen LogP contribution in [-0.4, -0.2) is 0 Å². The maximum absolute atomic E-state index is 13.1. The van der Waals surface area contributed by atoms with Crippen LogP contribution in [0.2, 0.25) is 4.34 Å². The van der Waals surface area contributed by atoms with E-state index in [0.29, 0.717) is 12.1 Å². The number of nitrogens with one attached hydrogen (secondary N) is 1. The molecule has 1 aromatic heterocycles. The molecule has 0 radical (unpaired) electrons. The van der Waals surface area contributed by atoms with Gasteiger partial charge in [0.15, 0.2) is 0 Å². The van der Waals surface area contributed by atoms with Crippen LogP contribution in [0.15, 0.2) is 30.3 Å². The lowest BCUT2D eigenvalue weighted by molar-refractivity contribution is 0.547. The van der Waals surface area contributed by atoms with Crippen LogP contribution in [0.1, 0.15) is 23.4 Å². The summed E-state index contributed by atoms with van der Waals surface area (Å²) in [7, 11) is 0. The van der Waals surface area contributed by atoms with Crippen molar-refractivity contribution >= 4 is 22.9 Å². The van der Waals surface area contributed by atoms with Gasteiger partial charge in [-0.15, -0.1) is 11.3 Å². The van der Waals surface area contributed by atoms with Crippen LogP contribution in [0.4, 0.5) is 8.78 Å². The first-order valence-corrected chi connectivity index (χ1v) is 6.67. The van der Waals surface area contributed by atoms with Crippen LogP contribution in [0.25, 0.3) is 0 Å². The molecule has 1 aromatic carbocycles. The molecule has 0 aliphatic carbocycles. The molecule has 0 aliphatic heterocycles. The molecule has 0 fully saturated rings. The van der Waals surface area contributed by atoms with Gasteiger partial charge in [0.2, 0.25) is 0 Å². The smallest absolute Gasteiger partial charge is 0.126 e. The molecule has 1 nitrogen and oxygen atoms in total. The number of hydrogen-bond donors (Lipinski definition) is 1. The van der Waals surface area contributed by atoms with Crippen LogP contribution >= 0.6 is 22.9 Å². The molecule has 2 rings (SSSR count). The molecule has 1 unspecified atom stereocenters. The summed E-state index contributed by atoms with van der Waals surface area (Å²) < 4.78 is 26.9. The number of hydrogen-bond acceptors (Lipinski definition) is 2. The molecule has 1 heterocycles. The third-order valence-electron chi connectivity index (χ3n) is 2.60. The molecular weight excluding hydrogens is 276 g/mol. The topological polar surface area (TPSA) is 12.0 Å². The number of rotatable bonds is 4. The lowest BCUT2D eigenvalue weighted by Gasteiger charge is -2.13. The molecule has 18 heavy (non-hydrogen) atoms. The van der Waals surface area contributed by atoms with Gasteiger partial charge < -0.3 is 5.32 Å². The van der Waals surface area contributed by atoms with E-state index in [-0.39, 0.29) is 6.04 Å². The summed E-state index contributed by atoms with van der Waals surface area (Å²) >= 11 is 7.31. The monoisotopic (exact) mass is 287 g/mol. The van der Waals surface area contributed by atoms with Gasteiger partial charge in [-0.2, -0.15) is 0 Å². The van der Waals surface area contributed by atoms with Crippen molar-refractivity contribution in [2.45, 2.75) is 19.5 Å². The normalized spacial score (nSPS) is 12.7. The molecule has 0 amide bonds. The minimum Gasteiger partial charge on any atom is -0.305 e. The largest absolute Gasteiger partial charge is 0.305 e. The predicted octanol–water partition coefficient (Wildman–Crippen LogP) is 4.53. The number of halogens is 3. The highest BCUT2D eigenvalue weighted by molar-refractivity contribution is 7.16. The Morgan fingerprint density at radius 1 is 1.22 bits per heavy atom. The van der Waals surface area contributed by atoms with Gasteiger partial charge in [0.05, 0.1) is 4.34 Å². The summed E-state index contributed by atoms with van der Waals surface area (Å²) in [4.78, 5) is 1.09. The van der Waals surface area contributed by atoms with Crippen molar-refractivity contribution in [1.29, 1.82) is 0 Å². The average molecular weight is 288 g/mol. The van der Waals surface area contributed by atoms with Gasteiger partial charge in [-0.25, -0.2) is 8.78 Å². The van der Waals surface area contributed by atoms with Crippen molar-refractivity contribution in [3.8, 4) is 0 Å². The van der Waals surface area contributed by atoms with E-state index in [4.69, 9.17) is 11.6 Å². The number of benzene rings is 1. The van der Waals surface area contributed by atoms with Crippen LogP contribution < -0.4 is 5.32 Å². The summed E-state index contributed by atoms with van der Waals surface area (Å²) in [5.41, 5.74) is 0.593. The van der Waals surface area contributed by atoms with E-state index in [1.165, 1.54) is 23.5 Å². The lowest BCUT2D eigenvalue weighted by Crippen LogP contribution is -2.17. The zero-order chi connectivity index (χ0) is 13.1. The second-order valence-corrected chi connectivity index (χ2v) is 5.81. The summed E-state index contributed by atoms with van der Waals surface area (Å²) in [5.74, 6) is -1.12. The summed E-state index contributed by atoms with van der Waals surface area (Å²) in [6, 6.07) is 7.17. The second-order valence-electron chi connectivity index (χ2n) is 4.01. The van der Waals surface area contributed by atoms with E-state index < -0.39 is 11.6 Å². The van der Waals surface area contributed by atoms with E-state index in [9.17, 15) is 8.78 Å². The van der Waals surface area contributed by atoms with Gasteiger partial charge in [0, 0.05) is 23.5 Å². The Hall–Kier alpha value is -0.970. The van der Waals surface area contributed by atoms with Crippen LogP contribution in [-0.2, 0) is 6.54 Å². The first-order valence-electron chi connectivity index (χ1n) is 5.48. The fraction of sp³-hybridized carbons (Fsp3) is 0.231. The van der Waals surface area contributed by atoms with Gasteiger partial charge in [-0.05, 0) is 36.8 Å². The van der Waals surface area contributed by atoms with Gasteiger partial charge in [-0.3, -0.25) is 0 Å². The SMILES string of the molecule is CC(NCc1ccc(Cl)s1)c1cc(F)cc(F)c1. The lowest BCUT2D eigenvalue weighted by atomic mass is 10.1.